The molecule has 0 N–H and O–H groups in total. The van der Waals surface area contributed by atoms with Crippen LogP contribution < -0.4 is 0 Å². The van der Waals surface area contributed by atoms with Gasteiger partial charge in [0.25, 0.3) is 0 Å². The van der Waals surface area contributed by atoms with Gasteiger partial charge in [0.05, 0.1) is 0 Å². The van der Waals surface area contributed by atoms with Gasteiger partial charge in [-0.25, -0.2) is 0 Å². The highest BCUT2D eigenvalue weighted by molar-refractivity contribution is 6.15. The van der Waals surface area contributed by atoms with Gasteiger partial charge in [-0.2, -0.15) is 0 Å². The molecule has 64 valence electrons. The number of hydrogen-bond donors (Lipinski definition) is 0. The molecule has 0 fully saturated rings. The van der Waals surface area contributed by atoms with Gasteiger partial charge in [0.15, 0.2) is 0 Å². The number of nitrogens with zero attached hydrogens (tertiary/aromatic N) is 2. The van der Waals surface area contributed by atoms with Crippen molar-refractivity contribution < 1.29 is 0 Å². The Hall–Kier alpha value is -0.660. The van der Waals surface area contributed by atoms with Gasteiger partial charge in [0, 0.05) is 25.5 Å². The predicted molar refractivity (Wildman–Crippen MR) is 51.9 cm³/mol. The van der Waals surface area contributed by atoms with E-state index in [4.69, 9.17) is 0 Å². The van der Waals surface area contributed by atoms with Crippen molar-refractivity contribution in [2.45, 2.75) is 39.2 Å². The van der Waals surface area contributed by atoms with E-state index in [1.54, 1.807) is 19.5 Å². The highest BCUT2D eigenvalue weighted by Crippen LogP contribution is 2.01. The Kier molecular flexibility index (Phi) is 7.00. The molecule has 0 spiro atoms. The summed E-state index contributed by atoms with van der Waals surface area (Å²) in [5.74, 6) is 0. The topological polar surface area (TPSA) is 24.7 Å². The molecule has 0 aromatic heterocycles. The van der Waals surface area contributed by atoms with Crippen molar-refractivity contribution in [2.24, 2.45) is 9.98 Å². The summed E-state index contributed by atoms with van der Waals surface area (Å²) in [5.41, 5.74) is 0. The average molecular weight is 154 g/mol. The zero-order chi connectivity index (χ0) is 8.53. The molecule has 11 heavy (non-hydrogen) atoms. The first-order chi connectivity index (χ1) is 5.31. The Balaban J connectivity index is 3.42. The van der Waals surface area contributed by atoms with Crippen LogP contribution in [-0.4, -0.2) is 25.5 Å². The minimum atomic E-state index is 0.452. The maximum atomic E-state index is 4.28. The SMILES string of the molecule is CCCCC(C)N=CC=NC. The van der Waals surface area contributed by atoms with Crippen molar-refractivity contribution in [3.63, 3.8) is 0 Å². The normalized spacial score (nSPS) is 14.8. The summed E-state index contributed by atoms with van der Waals surface area (Å²) >= 11 is 0. The lowest BCUT2D eigenvalue weighted by Crippen LogP contribution is -1.97. The number of rotatable bonds is 5. The zero-order valence-corrected chi connectivity index (χ0v) is 7.75. The number of hydrogen-bond acceptors (Lipinski definition) is 2. The minimum Gasteiger partial charge on any atom is -0.295 e. The zero-order valence-electron chi connectivity index (χ0n) is 7.75. The van der Waals surface area contributed by atoms with E-state index in [2.05, 4.69) is 23.8 Å². The minimum absolute atomic E-state index is 0.452. The van der Waals surface area contributed by atoms with E-state index in [1.165, 1.54) is 19.3 Å². The van der Waals surface area contributed by atoms with Crippen LogP contribution in [0, 0.1) is 0 Å². The molecule has 0 aliphatic rings. The van der Waals surface area contributed by atoms with Crippen LogP contribution in [0.1, 0.15) is 33.1 Å². The molecule has 0 saturated heterocycles. The van der Waals surface area contributed by atoms with E-state index in [1.807, 2.05) is 0 Å². The fourth-order valence-corrected chi connectivity index (χ4v) is 0.826. The van der Waals surface area contributed by atoms with Gasteiger partial charge in [-0.15, -0.1) is 0 Å². The second-order valence-corrected chi connectivity index (χ2v) is 2.70. The molecule has 2 nitrogen and oxygen atoms in total. The fraction of sp³-hybridized carbons (Fsp3) is 0.778. The van der Waals surface area contributed by atoms with Gasteiger partial charge in [-0.3, -0.25) is 9.98 Å². The van der Waals surface area contributed by atoms with Crippen molar-refractivity contribution >= 4 is 12.4 Å². The molecule has 0 aromatic carbocycles. The van der Waals surface area contributed by atoms with E-state index in [9.17, 15) is 0 Å². The smallest absolute Gasteiger partial charge is 0.0472 e. The number of aliphatic imine (C=N–C) groups is 2. The van der Waals surface area contributed by atoms with Crippen molar-refractivity contribution in [3.05, 3.63) is 0 Å². The second-order valence-electron chi connectivity index (χ2n) is 2.70. The molecule has 1 atom stereocenters. The largest absolute Gasteiger partial charge is 0.295 e. The summed E-state index contributed by atoms with van der Waals surface area (Å²) in [6.45, 7) is 4.33. The Morgan fingerprint density at radius 3 is 2.64 bits per heavy atom. The molecule has 2 heteroatoms. The lowest BCUT2D eigenvalue weighted by molar-refractivity contribution is 0.620. The Bertz CT molecular complexity index is 128. The molecule has 0 amide bonds. The molecular formula is C9H18N2. The van der Waals surface area contributed by atoms with Gasteiger partial charge in [0.2, 0.25) is 0 Å². The molecule has 1 unspecified atom stereocenters. The fourth-order valence-electron chi connectivity index (χ4n) is 0.826. The summed E-state index contributed by atoms with van der Waals surface area (Å²) < 4.78 is 0. The maximum absolute atomic E-state index is 4.28. The van der Waals surface area contributed by atoms with E-state index in [-0.39, 0.29) is 0 Å². The van der Waals surface area contributed by atoms with E-state index < -0.39 is 0 Å². The van der Waals surface area contributed by atoms with Crippen LogP contribution in [0.3, 0.4) is 0 Å². The number of unbranched alkanes of at least 4 members (excludes halogenated alkanes) is 1. The molecular weight excluding hydrogens is 136 g/mol. The van der Waals surface area contributed by atoms with Crippen LogP contribution in [0.25, 0.3) is 0 Å². The van der Waals surface area contributed by atoms with Crippen molar-refractivity contribution in [2.75, 3.05) is 7.05 Å². The van der Waals surface area contributed by atoms with E-state index in [0.29, 0.717) is 6.04 Å². The Morgan fingerprint density at radius 2 is 2.09 bits per heavy atom. The molecule has 0 radical (unpaired) electrons. The first-order valence-electron chi connectivity index (χ1n) is 4.25. The third-order valence-electron chi connectivity index (χ3n) is 1.53. The lowest BCUT2D eigenvalue weighted by atomic mass is 10.1. The van der Waals surface area contributed by atoms with Gasteiger partial charge in [-0.05, 0) is 13.3 Å². The van der Waals surface area contributed by atoms with Crippen molar-refractivity contribution in [1.82, 2.24) is 0 Å². The Labute approximate surface area is 69.4 Å². The van der Waals surface area contributed by atoms with Gasteiger partial charge < -0.3 is 0 Å². The van der Waals surface area contributed by atoms with Crippen LogP contribution in [0.15, 0.2) is 9.98 Å². The quantitative estimate of drug-likeness (QED) is 0.543. The van der Waals surface area contributed by atoms with Crippen molar-refractivity contribution in [1.29, 1.82) is 0 Å². The summed E-state index contributed by atoms with van der Waals surface area (Å²) in [6, 6.07) is 0.452. The standard InChI is InChI=1S/C9H18N2/c1-4-5-6-9(2)11-8-7-10-3/h7-9H,4-6H2,1-3H3. The summed E-state index contributed by atoms with van der Waals surface area (Å²) in [5, 5.41) is 0. The van der Waals surface area contributed by atoms with Gasteiger partial charge >= 0.3 is 0 Å². The monoisotopic (exact) mass is 154 g/mol. The third kappa shape index (κ3) is 7.23. The summed E-state index contributed by atoms with van der Waals surface area (Å²) in [7, 11) is 1.75. The van der Waals surface area contributed by atoms with Crippen LogP contribution in [0.2, 0.25) is 0 Å². The first-order valence-corrected chi connectivity index (χ1v) is 4.25. The van der Waals surface area contributed by atoms with Crippen LogP contribution in [0.4, 0.5) is 0 Å². The molecule has 0 saturated carbocycles. The third-order valence-corrected chi connectivity index (χ3v) is 1.53. The molecule has 0 aliphatic carbocycles. The van der Waals surface area contributed by atoms with Crippen LogP contribution in [0.5, 0.6) is 0 Å². The highest BCUT2D eigenvalue weighted by Gasteiger charge is 1.94. The highest BCUT2D eigenvalue weighted by atomic mass is 14.8. The molecule has 0 aliphatic heterocycles. The van der Waals surface area contributed by atoms with E-state index >= 15 is 0 Å². The van der Waals surface area contributed by atoms with Crippen LogP contribution >= 0.6 is 0 Å². The predicted octanol–water partition coefficient (Wildman–Crippen LogP) is 2.34. The summed E-state index contributed by atoms with van der Waals surface area (Å²) in [4.78, 5) is 8.09. The first kappa shape index (κ1) is 10.3. The second kappa shape index (κ2) is 7.45. The van der Waals surface area contributed by atoms with Crippen LogP contribution in [-0.2, 0) is 0 Å². The maximum Gasteiger partial charge on any atom is 0.0472 e. The lowest BCUT2D eigenvalue weighted by Gasteiger charge is -2.02. The molecule has 0 rings (SSSR count). The molecule has 0 heterocycles. The summed E-state index contributed by atoms with van der Waals surface area (Å²) in [6.07, 6.45) is 7.21. The van der Waals surface area contributed by atoms with E-state index in [0.717, 1.165) is 0 Å². The average Bonchev–Trinajstić information content (AvgIpc) is 2.01. The molecule has 0 bridgehead atoms. The Morgan fingerprint density at radius 1 is 1.36 bits per heavy atom. The van der Waals surface area contributed by atoms with Gasteiger partial charge in [0.1, 0.15) is 0 Å². The van der Waals surface area contributed by atoms with Crippen molar-refractivity contribution in [3.8, 4) is 0 Å². The van der Waals surface area contributed by atoms with Gasteiger partial charge in [-0.1, -0.05) is 19.8 Å². The molecule has 0 aromatic rings.